The first-order valence-electron chi connectivity index (χ1n) is 9.27. The van der Waals surface area contributed by atoms with Gasteiger partial charge in [-0.3, -0.25) is 4.79 Å². The number of amides is 1. The maximum atomic E-state index is 12.8. The summed E-state index contributed by atoms with van der Waals surface area (Å²) >= 11 is 0. The van der Waals surface area contributed by atoms with Crippen molar-refractivity contribution in [2.75, 3.05) is 13.6 Å². The van der Waals surface area contributed by atoms with E-state index in [-0.39, 0.29) is 16.8 Å². The highest BCUT2D eigenvalue weighted by molar-refractivity contribution is 7.89. The lowest BCUT2D eigenvalue weighted by molar-refractivity contribution is -0.129. The van der Waals surface area contributed by atoms with Crippen LogP contribution in [0.3, 0.4) is 0 Å². The maximum absolute atomic E-state index is 12.8. The first-order chi connectivity index (χ1) is 12.2. The van der Waals surface area contributed by atoms with Gasteiger partial charge in [0.2, 0.25) is 15.9 Å². The Labute approximate surface area is 157 Å². The Morgan fingerprint density at radius 2 is 1.85 bits per heavy atom. The predicted octanol–water partition coefficient (Wildman–Crippen LogP) is 3.28. The second-order valence-electron chi connectivity index (χ2n) is 7.42. The molecule has 1 fully saturated rings. The minimum atomic E-state index is -3.44. The number of rotatable bonds is 5. The molecule has 0 aromatic heterocycles. The Kier molecular flexibility index (Phi) is 7.01. The molecule has 1 aliphatic heterocycles. The summed E-state index contributed by atoms with van der Waals surface area (Å²) in [7, 11) is -2.05. The quantitative estimate of drug-likeness (QED) is 0.800. The molecule has 1 aromatic carbocycles. The van der Waals surface area contributed by atoms with Gasteiger partial charge in [0.15, 0.2) is 0 Å². The zero-order valence-electron chi connectivity index (χ0n) is 16.1. The first-order valence-corrected chi connectivity index (χ1v) is 10.7. The Hall–Kier alpha value is -1.66. The van der Waals surface area contributed by atoms with Gasteiger partial charge < -0.3 is 4.90 Å². The third-order valence-corrected chi connectivity index (χ3v) is 6.58. The number of nitrogens with zero attached hydrogens (tertiary/aromatic N) is 1. The molecule has 1 aromatic rings. The number of carbonyl (C=O) groups excluding carboxylic acids is 1. The summed E-state index contributed by atoms with van der Waals surface area (Å²) in [5.41, 5.74) is 0.803. The van der Waals surface area contributed by atoms with E-state index in [0.29, 0.717) is 11.8 Å². The molecule has 5 nitrogen and oxygen atoms in total. The third-order valence-electron chi connectivity index (χ3n) is 5.15. The van der Waals surface area contributed by atoms with E-state index < -0.39 is 10.0 Å². The molecule has 1 saturated heterocycles. The normalized spacial score (nSPS) is 22.0. The van der Waals surface area contributed by atoms with E-state index in [1.165, 1.54) is 7.05 Å². The van der Waals surface area contributed by atoms with Gasteiger partial charge in [0.25, 0.3) is 0 Å². The Morgan fingerprint density at radius 3 is 2.42 bits per heavy atom. The molecule has 1 amide bonds. The van der Waals surface area contributed by atoms with Crippen molar-refractivity contribution in [2.45, 2.75) is 51.0 Å². The molecule has 0 saturated carbocycles. The van der Waals surface area contributed by atoms with Crippen molar-refractivity contribution in [3.05, 3.63) is 35.9 Å². The predicted molar refractivity (Wildman–Crippen MR) is 105 cm³/mol. The fourth-order valence-electron chi connectivity index (χ4n) is 3.39. The summed E-state index contributed by atoms with van der Waals surface area (Å²) < 4.78 is 25.8. The molecular formula is C20H30N2O3S. The van der Waals surface area contributed by atoms with Crippen molar-refractivity contribution in [3.63, 3.8) is 0 Å². The van der Waals surface area contributed by atoms with E-state index in [1.54, 1.807) is 36.4 Å². The van der Waals surface area contributed by atoms with Crippen molar-refractivity contribution < 1.29 is 13.2 Å². The zero-order chi connectivity index (χ0) is 19.3. The molecule has 1 N–H and O–H groups in total. The molecule has 0 bridgehead atoms. The molecular weight excluding hydrogens is 348 g/mol. The molecule has 0 radical (unpaired) electrons. The molecule has 2 atom stereocenters. The van der Waals surface area contributed by atoms with E-state index >= 15 is 0 Å². The lowest BCUT2D eigenvalue weighted by Gasteiger charge is -2.32. The first kappa shape index (κ1) is 20.6. The van der Waals surface area contributed by atoms with Crippen LogP contribution in [-0.2, 0) is 14.8 Å². The highest BCUT2D eigenvalue weighted by atomic mass is 32.2. The van der Waals surface area contributed by atoms with Crippen LogP contribution in [0.1, 0.15) is 45.6 Å². The zero-order valence-corrected chi connectivity index (χ0v) is 16.9. The smallest absolute Gasteiger partial charge is 0.246 e. The summed E-state index contributed by atoms with van der Waals surface area (Å²) in [5, 5.41) is 0. The summed E-state index contributed by atoms with van der Waals surface area (Å²) in [4.78, 5) is 15.0. The number of hydrogen-bond acceptors (Lipinski definition) is 3. The molecule has 6 heteroatoms. The molecule has 144 valence electrons. The van der Waals surface area contributed by atoms with Gasteiger partial charge in [-0.2, -0.15) is 0 Å². The lowest BCUT2D eigenvalue weighted by Crippen LogP contribution is -2.42. The van der Waals surface area contributed by atoms with Crippen LogP contribution in [0.5, 0.6) is 0 Å². The lowest BCUT2D eigenvalue weighted by atomic mass is 9.95. The minimum absolute atomic E-state index is 0.0322. The second kappa shape index (κ2) is 8.82. The number of nitrogens with one attached hydrogen (secondary N) is 1. The molecule has 0 aliphatic carbocycles. The van der Waals surface area contributed by atoms with Crippen LogP contribution in [0.2, 0.25) is 0 Å². The van der Waals surface area contributed by atoms with Gasteiger partial charge in [0, 0.05) is 18.7 Å². The van der Waals surface area contributed by atoms with Crippen LogP contribution >= 0.6 is 0 Å². The fourth-order valence-corrected chi connectivity index (χ4v) is 4.12. The topological polar surface area (TPSA) is 66.5 Å². The Morgan fingerprint density at radius 1 is 1.19 bits per heavy atom. The van der Waals surface area contributed by atoms with Gasteiger partial charge in [-0.15, -0.1) is 0 Å². The number of likely N-dealkylation sites (tertiary alicyclic amines) is 1. The average molecular weight is 379 g/mol. The van der Waals surface area contributed by atoms with Crippen LogP contribution in [0.4, 0.5) is 0 Å². The fraction of sp³-hybridized carbons (Fsp3) is 0.550. The Bertz CT molecular complexity index is 739. The van der Waals surface area contributed by atoms with Gasteiger partial charge in [-0.1, -0.05) is 32.9 Å². The highest BCUT2D eigenvalue weighted by Crippen LogP contribution is 2.26. The average Bonchev–Trinajstić information content (AvgIpc) is 2.82. The number of sulfonamides is 1. The summed E-state index contributed by atoms with van der Waals surface area (Å²) in [5.74, 6) is 1.12. The number of carbonyl (C=O) groups is 1. The third kappa shape index (κ3) is 5.17. The van der Waals surface area contributed by atoms with E-state index in [1.807, 2.05) is 4.90 Å². The molecule has 2 unspecified atom stereocenters. The van der Waals surface area contributed by atoms with Crippen molar-refractivity contribution in [1.29, 1.82) is 0 Å². The number of hydrogen-bond donors (Lipinski definition) is 1. The standard InChI is InChI=1S/C20H30N2O3S/c1-15(2)19-11-5-16(3)13-14-22(19)20(23)12-8-17-6-9-18(10-7-17)26(24,25)21-4/h6-10,12,15-16,19,21H,5,11,13-14H2,1-4H3/b12-8+. The monoisotopic (exact) mass is 378 g/mol. The second-order valence-corrected chi connectivity index (χ2v) is 9.31. The van der Waals surface area contributed by atoms with E-state index in [9.17, 15) is 13.2 Å². The highest BCUT2D eigenvalue weighted by Gasteiger charge is 2.28. The maximum Gasteiger partial charge on any atom is 0.246 e. The van der Waals surface area contributed by atoms with Crippen LogP contribution in [0.15, 0.2) is 35.2 Å². The van der Waals surface area contributed by atoms with E-state index in [2.05, 4.69) is 25.5 Å². The van der Waals surface area contributed by atoms with Crippen molar-refractivity contribution >= 4 is 22.0 Å². The largest absolute Gasteiger partial charge is 0.336 e. The van der Waals surface area contributed by atoms with Crippen LogP contribution in [-0.4, -0.2) is 38.9 Å². The van der Waals surface area contributed by atoms with Gasteiger partial charge in [0.05, 0.1) is 4.90 Å². The summed E-state index contributed by atoms with van der Waals surface area (Å²) in [6.07, 6.45) is 6.61. The molecule has 1 aliphatic rings. The summed E-state index contributed by atoms with van der Waals surface area (Å²) in [6, 6.07) is 6.78. The molecule has 2 rings (SSSR count). The molecule has 0 spiro atoms. The van der Waals surface area contributed by atoms with Gasteiger partial charge >= 0.3 is 0 Å². The molecule has 1 heterocycles. The van der Waals surface area contributed by atoms with Crippen LogP contribution in [0.25, 0.3) is 6.08 Å². The van der Waals surface area contributed by atoms with Crippen molar-refractivity contribution in [3.8, 4) is 0 Å². The number of benzene rings is 1. The Balaban J connectivity index is 2.12. The van der Waals surface area contributed by atoms with Crippen LogP contribution in [0, 0.1) is 11.8 Å². The van der Waals surface area contributed by atoms with Gasteiger partial charge in [-0.05, 0) is 61.9 Å². The summed E-state index contributed by atoms with van der Waals surface area (Å²) in [6.45, 7) is 7.39. The van der Waals surface area contributed by atoms with Crippen molar-refractivity contribution in [2.24, 2.45) is 11.8 Å². The minimum Gasteiger partial charge on any atom is -0.336 e. The van der Waals surface area contributed by atoms with Gasteiger partial charge in [-0.25, -0.2) is 13.1 Å². The van der Waals surface area contributed by atoms with Gasteiger partial charge in [0.1, 0.15) is 0 Å². The SMILES string of the molecule is CNS(=O)(=O)c1ccc(/C=C/C(=O)N2CCC(C)CCC2C(C)C)cc1. The van der Waals surface area contributed by atoms with Crippen LogP contribution < -0.4 is 4.72 Å². The van der Waals surface area contributed by atoms with E-state index in [0.717, 1.165) is 31.4 Å². The van der Waals surface area contributed by atoms with E-state index in [4.69, 9.17) is 0 Å². The molecule has 26 heavy (non-hydrogen) atoms. The van der Waals surface area contributed by atoms with Crippen molar-refractivity contribution in [1.82, 2.24) is 9.62 Å².